The number of fused-ring (bicyclic) bond motifs is 1. The van der Waals surface area contributed by atoms with E-state index in [-0.39, 0.29) is 13.1 Å². The lowest BCUT2D eigenvalue weighted by atomic mass is 10.3. The smallest absolute Gasteiger partial charge is 0.366 e. The quantitative estimate of drug-likeness (QED) is 0.501. The molecule has 1 amide bonds. The van der Waals surface area contributed by atoms with Crippen LogP contribution in [-0.4, -0.2) is 76.9 Å². The van der Waals surface area contributed by atoms with Crippen LogP contribution in [0.15, 0.2) is 12.7 Å². The number of quaternary nitrogens is 1. The fraction of sp³-hybridized carbons (Fsp3) is 0.625. The summed E-state index contributed by atoms with van der Waals surface area (Å²) in [6.07, 6.45) is 0.230. The van der Waals surface area contributed by atoms with Crippen LogP contribution < -0.4 is 10.6 Å². The van der Waals surface area contributed by atoms with E-state index >= 15 is 0 Å². The van der Waals surface area contributed by atoms with Crippen LogP contribution in [0, 0.1) is 0 Å². The Balaban J connectivity index is 1.90. The van der Waals surface area contributed by atoms with Crippen LogP contribution in [0.3, 0.4) is 0 Å². The zero-order valence-corrected chi connectivity index (χ0v) is 15.7. The molecule has 0 atom stereocenters. The number of amides is 1. The molecule has 0 unspecified atom stereocenters. The minimum Gasteiger partial charge on any atom is -0.366 e. The van der Waals surface area contributed by atoms with Crippen molar-refractivity contribution in [3.63, 3.8) is 0 Å². The van der Waals surface area contributed by atoms with Gasteiger partial charge in [0.1, 0.15) is 11.8 Å². The minimum absolute atomic E-state index is 0.0876. The molecular formula is C16H25F3N7O+. The van der Waals surface area contributed by atoms with Gasteiger partial charge in [-0.15, -0.1) is 0 Å². The summed E-state index contributed by atoms with van der Waals surface area (Å²) in [6, 6.07) is 0. The number of hydrogen-bond acceptors (Lipinski definition) is 5. The van der Waals surface area contributed by atoms with Crippen LogP contribution in [0.2, 0.25) is 0 Å². The Kier molecular flexibility index (Phi) is 6.58. The van der Waals surface area contributed by atoms with Gasteiger partial charge in [-0.25, -0.2) is 15.0 Å². The number of aryl methyl sites for hydroxylation is 1. The Morgan fingerprint density at radius 2 is 1.89 bits per heavy atom. The van der Waals surface area contributed by atoms with Gasteiger partial charge in [0, 0.05) is 19.6 Å². The third kappa shape index (κ3) is 6.35. The number of anilines is 1. The molecule has 0 spiro atoms. The maximum atomic E-state index is 12.1. The van der Waals surface area contributed by atoms with E-state index in [1.807, 2.05) is 4.57 Å². The van der Waals surface area contributed by atoms with Crippen molar-refractivity contribution in [3.8, 4) is 0 Å². The van der Waals surface area contributed by atoms with Crippen molar-refractivity contribution in [2.45, 2.75) is 25.6 Å². The molecule has 0 saturated heterocycles. The molecule has 11 heteroatoms. The normalized spacial score (nSPS) is 12.4. The van der Waals surface area contributed by atoms with Crippen LogP contribution in [0.5, 0.6) is 0 Å². The summed E-state index contributed by atoms with van der Waals surface area (Å²) in [6.45, 7) is 1.74. The average molecular weight is 388 g/mol. The fourth-order valence-electron chi connectivity index (χ4n) is 2.50. The van der Waals surface area contributed by atoms with Gasteiger partial charge >= 0.3 is 12.1 Å². The number of aromatic nitrogens is 4. The van der Waals surface area contributed by atoms with Gasteiger partial charge in [0.05, 0.1) is 34.0 Å². The first kappa shape index (κ1) is 20.9. The van der Waals surface area contributed by atoms with Gasteiger partial charge in [0.25, 0.3) is 0 Å². The number of rotatable bonds is 9. The number of halogens is 3. The van der Waals surface area contributed by atoms with Crippen molar-refractivity contribution in [2.75, 3.05) is 46.1 Å². The Bertz CT molecular complexity index is 767. The lowest BCUT2D eigenvalue weighted by Crippen LogP contribution is -2.39. The van der Waals surface area contributed by atoms with Crippen molar-refractivity contribution < 1.29 is 22.4 Å². The predicted molar refractivity (Wildman–Crippen MR) is 95.0 cm³/mol. The van der Waals surface area contributed by atoms with Crippen LogP contribution in [0.4, 0.5) is 19.0 Å². The largest absolute Gasteiger partial charge is 0.471 e. The van der Waals surface area contributed by atoms with Crippen LogP contribution >= 0.6 is 0 Å². The maximum absolute atomic E-state index is 12.1. The molecule has 0 aromatic carbocycles. The molecule has 0 saturated carbocycles. The summed E-state index contributed by atoms with van der Waals surface area (Å²) in [5.74, 6) is -1.54. The number of carbonyl (C=O) groups excluding carboxylic acids is 1. The van der Waals surface area contributed by atoms with E-state index in [9.17, 15) is 18.0 Å². The Morgan fingerprint density at radius 3 is 2.56 bits per heavy atom. The van der Waals surface area contributed by atoms with Crippen molar-refractivity contribution in [1.82, 2.24) is 24.8 Å². The van der Waals surface area contributed by atoms with E-state index in [1.54, 1.807) is 11.6 Å². The molecular weight excluding hydrogens is 363 g/mol. The highest BCUT2D eigenvalue weighted by Gasteiger charge is 2.38. The van der Waals surface area contributed by atoms with Gasteiger partial charge in [0.15, 0.2) is 11.5 Å². The third-order valence-corrected chi connectivity index (χ3v) is 3.84. The molecule has 2 rings (SSSR count). The number of nitrogens with zero attached hydrogens (tertiary/aromatic N) is 5. The molecule has 8 nitrogen and oxygen atoms in total. The van der Waals surface area contributed by atoms with E-state index in [0.29, 0.717) is 17.0 Å². The number of carbonyl (C=O) groups is 1. The summed E-state index contributed by atoms with van der Waals surface area (Å²) >= 11 is 0. The molecule has 150 valence electrons. The molecule has 0 bridgehead atoms. The first-order valence-corrected chi connectivity index (χ1v) is 8.63. The second-order valence-electron chi connectivity index (χ2n) is 7.23. The van der Waals surface area contributed by atoms with Crippen LogP contribution in [0.1, 0.15) is 12.8 Å². The van der Waals surface area contributed by atoms with Crippen molar-refractivity contribution in [1.29, 1.82) is 0 Å². The first-order valence-electron chi connectivity index (χ1n) is 8.63. The number of alkyl halides is 3. The van der Waals surface area contributed by atoms with Gasteiger partial charge in [0.2, 0.25) is 0 Å². The van der Waals surface area contributed by atoms with Gasteiger partial charge in [-0.1, -0.05) is 0 Å². The topological polar surface area (TPSA) is 84.7 Å². The van der Waals surface area contributed by atoms with Gasteiger partial charge in [-0.05, 0) is 12.8 Å². The lowest BCUT2D eigenvalue weighted by Gasteiger charge is -2.23. The molecule has 0 aliphatic heterocycles. The number of hydrogen-bond donors (Lipinski definition) is 2. The Morgan fingerprint density at radius 1 is 1.15 bits per heavy atom. The van der Waals surface area contributed by atoms with E-state index in [0.717, 1.165) is 30.4 Å². The molecule has 2 aromatic rings. The molecule has 0 aliphatic carbocycles. The highest BCUT2D eigenvalue weighted by Crippen LogP contribution is 2.18. The monoisotopic (exact) mass is 388 g/mol. The molecule has 0 fully saturated rings. The second kappa shape index (κ2) is 8.51. The summed E-state index contributed by atoms with van der Waals surface area (Å²) in [5.41, 5.74) is 1.21. The van der Waals surface area contributed by atoms with Crippen LogP contribution in [0.25, 0.3) is 11.2 Å². The first-order chi connectivity index (χ1) is 12.6. The summed E-state index contributed by atoms with van der Waals surface area (Å²) in [7, 11) is 6.44. The van der Waals surface area contributed by atoms with Crippen molar-refractivity contribution in [3.05, 3.63) is 12.7 Å². The Hall–Kier alpha value is -2.43. The predicted octanol–water partition coefficient (Wildman–Crippen LogP) is 1.40. The van der Waals surface area contributed by atoms with Gasteiger partial charge in [-0.2, -0.15) is 13.2 Å². The van der Waals surface area contributed by atoms with Gasteiger partial charge in [-0.3, -0.25) is 4.79 Å². The number of unbranched alkanes of at least 4 members (excludes halogenated alkanes) is 1. The zero-order chi connectivity index (χ0) is 20.1. The summed E-state index contributed by atoms with van der Waals surface area (Å²) < 4.78 is 39.3. The number of imidazole rings is 1. The van der Waals surface area contributed by atoms with E-state index in [1.165, 1.54) is 6.33 Å². The molecule has 0 aliphatic rings. The zero-order valence-electron chi connectivity index (χ0n) is 15.7. The van der Waals surface area contributed by atoms with E-state index in [4.69, 9.17) is 0 Å². The molecule has 27 heavy (non-hydrogen) atoms. The minimum atomic E-state index is -4.88. The molecule has 2 N–H and O–H groups in total. The summed E-state index contributed by atoms with van der Waals surface area (Å²) in [5, 5.41) is 4.68. The SMILES string of the molecule is C[N+](C)(C)CCCCn1cnc2c(NCCNC(=O)C(F)(F)F)ncnc21. The van der Waals surface area contributed by atoms with Gasteiger partial charge < -0.3 is 19.7 Å². The average Bonchev–Trinajstić information content (AvgIpc) is 2.97. The highest BCUT2D eigenvalue weighted by atomic mass is 19.4. The summed E-state index contributed by atoms with van der Waals surface area (Å²) in [4.78, 5) is 23.4. The van der Waals surface area contributed by atoms with Crippen molar-refractivity contribution in [2.24, 2.45) is 0 Å². The van der Waals surface area contributed by atoms with E-state index in [2.05, 4.69) is 41.4 Å². The number of nitrogens with one attached hydrogen (secondary N) is 2. The molecule has 2 aromatic heterocycles. The molecule has 0 radical (unpaired) electrons. The standard InChI is InChI=1S/C16H24F3N7O/c1-26(2,3)9-5-4-8-25-11-24-12-13(22-10-23-14(12)25)20-6-7-21-15(27)16(17,18)19/h10-11H,4-9H2,1-3H3,(H-,20,21,22,23,27)/p+1. The van der Waals surface area contributed by atoms with E-state index < -0.39 is 12.1 Å². The lowest BCUT2D eigenvalue weighted by molar-refractivity contribution is -0.870. The highest BCUT2D eigenvalue weighted by molar-refractivity contribution is 5.83. The van der Waals surface area contributed by atoms with Crippen LogP contribution in [-0.2, 0) is 11.3 Å². The maximum Gasteiger partial charge on any atom is 0.471 e. The third-order valence-electron chi connectivity index (χ3n) is 3.84. The fourth-order valence-corrected chi connectivity index (χ4v) is 2.50. The van der Waals surface area contributed by atoms with Crippen molar-refractivity contribution >= 4 is 22.9 Å². The Labute approximate surface area is 155 Å². The molecule has 2 heterocycles. The second-order valence-corrected chi connectivity index (χ2v) is 7.23.